The Hall–Kier alpha value is -1.28. The fourth-order valence-corrected chi connectivity index (χ4v) is 2.99. The summed E-state index contributed by atoms with van der Waals surface area (Å²) in [6, 6.07) is 8.67. The molecule has 1 saturated carbocycles. The lowest BCUT2D eigenvalue weighted by atomic mass is 9.72. The first-order chi connectivity index (χ1) is 9.42. The van der Waals surface area contributed by atoms with E-state index in [9.17, 15) is 0 Å². The van der Waals surface area contributed by atoms with Gasteiger partial charge in [-0.3, -0.25) is 0 Å². The minimum absolute atomic E-state index is 0.200. The van der Waals surface area contributed by atoms with Crippen LogP contribution in [0.2, 0.25) is 0 Å². The summed E-state index contributed by atoms with van der Waals surface area (Å²) >= 11 is 0. The maximum Gasteiger partial charge on any atom is 0.134 e. The fraction of sp³-hybridized carbons (Fsp3) is 0.556. The lowest BCUT2D eigenvalue weighted by Crippen LogP contribution is -2.42. The zero-order valence-electron chi connectivity index (χ0n) is 13.0. The molecule has 1 N–H and O–H groups in total. The van der Waals surface area contributed by atoms with Gasteiger partial charge >= 0.3 is 0 Å². The fourth-order valence-electron chi connectivity index (χ4n) is 2.99. The summed E-state index contributed by atoms with van der Waals surface area (Å²) in [6.45, 7) is 9.90. The van der Waals surface area contributed by atoms with Crippen LogP contribution >= 0.6 is 0 Å². The van der Waals surface area contributed by atoms with Crippen LogP contribution in [0.5, 0.6) is 0 Å². The number of benzene rings is 1. The first-order valence-corrected chi connectivity index (χ1v) is 7.67. The van der Waals surface area contributed by atoms with E-state index in [0.29, 0.717) is 5.92 Å². The molecular weight excluding hydrogens is 246 g/mol. The van der Waals surface area contributed by atoms with Crippen LogP contribution in [0, 0.1) is 12.8 Å². The number of fused-ring (bicyclic) bond motifs is 1. The molecule has 0 saturated heterocycles. The third-order valence-corrected chi connectivity index (χ3v) is 4.37. The molecular formula is C18H25NO. The smallest absolute Gasteiger partial charge is 0.134 e. The third-order valence-electron chi connectivity index (χ3n) is 4.37. The van der Waals surface area contributed by atoms with E-state index in [2.05, 4.69) is 57.3 Å². The van der Waals surface area contributed by atoms with Crippen molar-refractivity contribution in [1.29, 1.82) is 0 Å². The third kappa shape index (κ3) is 2.76. The van der Waals surface area contributed by atoms with Crippen molar-refractivity contribution in [2.75, 3.05) is 6.54 Å². The molecule has 0 aliphatic heterocycles. The highest BCUT2D eigenvalue weighted by atomic mass is 16.3. The molecule has 1 aromatic carbocycles. The molecule has 0 amide bonds. The van der Waals surface area contributed by atoms with Crippen LogP contribution < -0.4 is 5.32 Å². The largest absolute Gasteiger partial charge is 0.461 e. The van der Waals surface area contributed by atoms with Crippen molar-refractivity contribution in [2.45, 2.75) is 52.0 Å². The second kappa shape index (κ2) is 4.92. The van der Waals surface area contributed by atoms with Crippen molar-refractivity contribution in [2.24, 2.45) is 5.92 Å². The average molecular weight is 271 g/mol. The van der Waals surface area contributed by atoms with Gasteiger partial charge in [0.05, 0.1) is 0 Å². The van der Waals surface area contributed by atoms with Gasteiger partial charge in [0.15, 0.2) is 0 Å². The average Bonchev–Trinajstić information content (AvgIpc) is 2.68. The summed E-state index contributed by atoms with van der Waals surface area (Å²) in [5.74, 6) is 2.49. The molecule has 1 heterocycles. The predicted molar refractivity (Wildman–Crippen MR) is 84.2 cm³/mol. The molecule has 108 valence electrons. The molecule has 0 spiro atoms. The molecule has 20 heavy (non-hydrogen) atoms. The van der Waals surface area contributed by atoms with Gasteiger partial charge in [-0.25, -0.2) is 0 Å². The highest BCUT2D eigenvalue weighted by Gasteiger charge is 2.34. The molecule has 2 unspecified atom stereocenters. The Kier molecular flexibility index (Phi) is 3.37. The second-order valence-electron chi connectivity index (χ2n) is 7.26. The maximum atomic E-state index is 6.06. The van der Waals surface area contributed by atoms with Crippen LogP contribution in [0.25, 0.3) is 11.0 Å². The van der Waals surface area contributed by atoms with E-state index in [-0.39, 0.29) is 5.54 Å². The molecule has 1 aromatic heterocycles. The van der Waals surface area contributed by atoms with Crippen LogP contribution in [0.15, 0.2) is 28.7 Å². The molecule has 1 fully saturated rings. The van der Waals surface area contributed by atoms with Gasteiger partial charge in [0, 0.05) is 16.8 Å². The van der Waals surface area contributed by atoms with Crippen LogP contribution in [-0.4, -0.2) is 12.1 Å². The van der Waals surface area contributed by atoms with Crippen molar-refractivity contribution in [3.05, 3.63) is 35.6 Å². The molecule has 1 aliphatic carbocycles. The van der Waals surface area contributed by atoms with Crippen molar-refractivity contribution in [3.8, 4) is 0 Å². The van der Waals surface area contributed by atoms with E-state index < -0.39 is 0 Å². The van der Waals surface area contributed by atoms with E-state index in [1.165, 1.54) is 29.6 Å². The van der Waals surface area contributed by atoms with Crippen LogP contribution in [0.3, 0.4) is 0 Å². The molecule has 1 aliphatic rings. The highest BCUT2D eigenvalue weighted by molar-refractivity contribution is 5.78. The molecule has 2 atom stereocenters. The van der Waals surface area contributed by atoms with Crippen molar-refractivity contribution in [3.63, 3.8) is 0 Å². The summed E-state index contributed by atoms with van der Waals surface area (Å²) in [7, 11) is 0. The van der Waals surface area contributed by atoms with Crippen molar-refractivity contribution < 1.29 is 4.42 Å². The zero-order valence-corrected chi connectivity index (χ0v) is 13.0. The van der Waals surface area contributed by atoms with Gasteiger partial charge in [0.25, 0.3) is 0 Å². The van der Waals surface area contributed by atoms with Crippen LogP contribution in [0.4, 0.5) is 0 Å². The van der Waals surface area contributed by atoms with E-state index in [1.54, 1.807) is 0 Å². The number of hydrogen-bond donors (Lipinski definition) is 1. The van der Waals surface area contributed by atoms with Gasteiger partial charge in [-0.1, -0.05) is 11.6 Å². The van der Waals surface area contributed by atoms with Gasteiger partial charge < -0.3 is 9.73 Å². The van der Waals surface area contributed by atoms with Gasteiger partial charge in [-0.2, -0.15) is 0 Å². The Morgan fingerprint density at radius 3 is 2.65 bits per heavy atom. The SMILES string of the molecule is Cc1ccc2oc(C3CCC3CNC(C)(C)C)cc2c1. The number of aryl methyl sites for hydroxylation is 1. The van der Waals surface area contributed by atoms with Gasteiger partial charge in [0.1, 0.15) is 11.3 Å². The van der Waals surface area contributed by atoms with E-state index in [0.717, 1.165) is 18.0 Å². The molecule has 2 heteroatoms. The Morgan fingerprint density at radius 1 is 1.20 bits per heavy atom. The summed E-state index contributed by atoms with van der Waals surface area (Å²) in [5, 5.41) is 4.87. The quantitative estimate of drug-likeness (QED) is 0.881. The second-order valence-corrected chi connectivity index (χ2v) is 7.26. The summed E-state index contributed by atoms with van der Waals surface area (Å²) in [5.41, 5.74) is 2.52. The summed E-state index contributed by atoms with van der Waals surface area (Å²) in [4.78, 5) is 0. The van der Waals surface area contributed by atoms with Crippen LogP contribution in [0.1, 0.15) is 50.9 Å². The lowest BCUT2D eigenvalue weighted by Gasteiger charge is -2.37. The highest BCUT2D eigenvalue weighted by Crippen LogP contribution is 2.44. The van der Waals surface area contributed by atoms with Crippen LogP contribution in [-0.2, 0) is 0 Å². The zero-order chi connectivity index (χ0) is 14.3. The predicted octanol–water partition coefficient (Wildman–Crippen LogP) is 4.62. The van der Waals surface area contributed by atoms with E-state index in [1.807, 2.05) is 0 Å². The van der Waals surface area contributed by atoms with E-state index in [4.69, 9.17) is 4.42 Å². The Balaban J connectivity index is 1.74. The van der Waals surface area contributed by atoms with Gasteiger partial charge in [-0.15, -0.1) is 0 Å². The molecule has 0 radical (unpaired) electrons. The van der Waals surface area contributed by atoms with Crippen molar-refractivity contribution >= 4 is 11.0 Å². The minimum Gasteiger partial charge on any atom is -0.461 e. The maximum absolute atomic E-state index is 6.06. The molecule has 2 nitrogen and oxygen atoms in total. The molecule has 2 aromatic rings. The molecule has 0 bridgehead atoms. The molecule has 3 rings (SSSR count). The number of rotatable bonds is 3. The van der Waals surface area contributed by atoms with E-state index >= 15 is 0 Å². The van der Waals surface area contributed by atoms with Gasteiger partial charge in [-0.05, 0) is 71.2 Å². The normalized spacial score (nSPS) is 23.0. The van der Waals surface area contributed by atoms with Crippen molar-refractivity contribution in [1.82, 2.24) is 5.32 Å². The lowest BCUT2D eigenvalue weighted by molar-refractivity contribution is 0.203. The topological polar surface area (TPSA) is 25.2 Å². The first kappa shape index (κ1) is 13.7. The number of nitrogens with one attached hydrogen (secondary N) is 1. The first-order valence-electron chi connectivity index (χ1n) is 7.67. The number of hydrogen-bond acceptors (Lipinski definition) is 2. The van der Waals surface area contributed by atoms with Gasteiger partial charge in [0.2, 0.25) is 0 Å². The Labute approximate surface area is 121 Å². The monoisotopic (exact) mass is 271 g/mol. The minimum atomic E-state index is 0.200. The summed E-state index contributed by atoms with van der Waals surface area (Å²) < 4.78 is 6.06. The Morgan fingerprint density at radius 2 is 2.00 bits per heavy atom. The standard InChI is InChI=1S/C18H25NO/c1-12-5-8-16-14(9-12)10-17(20-16)15-7-6-13(15)11-19-18(2,3)4/h5,8-10,13,15,19H,6-7,11H2,1-4H3. The summed E-state index contributed by atoms with van der Waals surface area (Å²) in [6.07, 6.45) is 2.57. The Bertz CT molecular complexity index is 605. The number of furan rings is 1.